The van der Waals surface area contributed by atoms with E-state index in [1.165, 1.54) is 12.1 Å². The van der Waals surface area contributed by atoms with E-state index in [0.717, 1.165) is 30.5 Å². The van der Waals surface area contributed by atoms with E-state index in [4.69, 9.17) is 9.47 Å². The van der Waals surface area contributed by atoms with E-state index >= 15 is 0 Å². The average molecular weight is 491 g/mol. The Labute approximate surface area is 197 Å². The Morgan fingerprint density at radius 3 is 2.62 bits per heavy atom. The number of halogens is 1. The zero-order chi connectivity index (χ0) is 23.9. The molecule has 1 amide bonds. The number of nitrogens with one attached hydrogen (secondary N) is 2. The van der Waals surface area contributed by atoms with Gasteiger partial charge in [0.15, 0.2) is 0 Å². The van der Waals surface area contributed by atoms with E-state index < -0.39 is 28.0 Å². The van der Waals surface area contributed by atoms with Crippen LogP contribution in [0, 0.1) is 11.7 Å². The van der Waals surface area contributed by atoms with Gasteiger partial charge < -0.3 is 19.9 Å². The lowest BCUT2D eigenvalue weighted by atomic mass is 9.84. The molecular weight excluding hydrogens is 463 g/mol. The van der Waals surface area contributed by atoms with Crippen LogP contribution in [-0.4, -0.2) is 50.9 Å². The van der Waals surface area contributed by atoms with Gasteiger partial charge >= 0.3 is 0 Å². The van der Waals surface area contributed by atoms with Gasteiger partial charge in [0.05, 0.1) is 24.0 Å². The number of hydrogen-bond donors (Lipinski definition) is 3. The molecule has 0 unspecified atom stereocenters. The standard InChI is InChI=1S/C24H27FN2O6S/c25-15-3-6-18(7-4-15)34(30,31)27-16-5-8-21-19(9-16)20-10-17(32-22(13-28)24(20)33-21)11-23(29)26-12-14-1-2-14/h3-9,14,17,20,22,24,27-28H,1-2,10-13H2,(H,26,29)/t17-,20+,22-,24-/m1/s1. The minimum atomic E-state index is -3.90. The summed E-state index contributed by atoms with van der Waals surface area (Å²) in [6, 6.07) is 9.57. The van der Waals surface area contributed by atoms with Crippen molar-refractivity contribution in [1.82, 2.24) is 5.32 Å². The fourth-order valence-corrected chi connectivity index (χ4v) is 5.69. The molecule has 3 aliphatic rings. The van der Waals surface area contributed by atoms with Gasteiger partial charge in [0, 0.05) is 23.7 Å². The summed E-state index contributed by atoms with van der Waals surface area (Å²) < 4.78 is 53.2. The fraction of sp³-hybridized carbons (Fsp3) is 0.458. The third-order valence-corrected chi connectivity index (χ3v) is 7.97. The van der Waals surface area contributed by atoms with Crippen LogP contribution in [0.5, 0.6) is 5.75 Å². The molecule has 2 fully saturated rings. The van der Waals surface area contributed by atoms with Crippen molar-refractivity contribution in [3.63, 3.8) is 0 Å². The molecule has 0 aromatic heterocycles. The van der Waals surface area contributed by atoms with Crippen LogP contribution in [0.25, 0.3) is 0 Å². The van der Waals surface area contributed by atoms with Crippen LogP contribution in [0.1, 0.15) is 37.2 Å². The zero-order valence-electron chi connectivity index (χ0n) is 18.4. The molecule has 0 bridgehead atoms. The molecule has 5 rings (SSSR count). The molecule has 3 N–H and O–H groups in total. The Morgan fingerprint density at radius 2 is 1.91 bits per heavy atom. The van der Waals surface area contributed by atoms with Crippen molar-refractivity contribution in [2.75, 3.05) is 17.9 Å². The predicted octanol–water partition coefficient (Wildman–Crippen LogP) is 2.54. The van der Waals surface area contributed by atoms with Gasteiger partial charge in [0.25, 0.3) is 10.0 Å². The number of aliphatic hydroxyl groups excluding tert-OH is 1. The van der Waals surface area contributed by atoms with Crippen LogP contribution in [0.2, 0.25) is 0 Å². The highest BCUT2D eigenvalue weighted by Crippen LogP contribution is 2.47. The number of anilines is 1. The van der Waals surface area contributed by atoms with Crippen molar-refractivity contribution in [3.8, 4) is 5.75 Å². The molecule has 2 aliphatic heterocycles. The van der Waals surface area contributed by atoms with E-state index in [-0.39, 0.29) is 35.9 Å². The molecule has 0 radical (unpaired) electrons. The van der Waals surface area contributed by atoms with Crippen molar-refractivity contribution in [2.24, 2.45) is 5.92 Å². The molecule has 34 heavy (non-hydrogen) atoms. The fourth-order valence-electron chi connectivity index (χ4n) is 4.64. The van der Waals surface area contributed by atoms with Gasteiger partial charge in [0.1, 0.15) is 23.8 Å². The maximum Gasteiger partial charge on any atom is 0.261 e. The van der Waals surface area contributed by atoms with E-state index in [2.05, 4.69) is 10.0 Å². The summed E-state index contributed by atoms with van der Waals surface area (Å²) in [7, 11) is -3.90. The minimum Gasteiger partial charge on any atom is -0.487 e. The summed E-state index contributed by atoms with van der Waals surface area (Å²) in [4.78, 5) is 12.3. The van der Waals surface area contributed by atoms with Gasteiger partial charge in [-0.2, -0.15) is 0 Å². The predicted molar refractivity (Wildman–Crippen MR) is 122 cm³/mol. The summed E-state index contributed by atoms with van der Waals surface area (Å²) in [5.74, 6) is 0.427. The number of amides is 1. The third kappa shape index (κ3) is 4.89. The van der Waals surface area contributed by atoms with E-state index in [9.17, 15) is 22.7 Å². The Balaban J connectivity index is 1.32. The van der Waals surface area contributed by atoms with Gasteiger partial charge in [0.2, 0.25) is 5.91 Å². The molecule has 1 saturated carbocycles. The number of carbonyl (C=O) groups excluding carboxylic acids is 1. The molecule has 182 valence electrons. The second-order valence-electron chi connectivity index (χ2n) is 9.17. The first-order valence-electron chi connectivity index (χ1n) is 11.4. The highest BCUT2D eigenvalue weighted by molar-refractivity contribution is 7.92. The summed E-state index contributed by atoms with van der Waals surface area (Å²) in [6.07, 6.45) is 1.61. The topological polar surface area (TPSA) is 114 Å². The Bertz CT molecular complexity index is 1170. The molecule has 8 nitrogen and oxygen atoms in total. The van der Waals surface area contributed by atoms with E-state index in [1.807, 2.05) is 0 Å². The SMILES string of the molecule is O=C(C[C@H]1C[C@H]2c3cc(NS(=O)(=O)c4ccc(F)cc4)ccc3O[C@H]2[C@@H](CO)O1)NCC1CC1. The van der Waals surface area contributed by atoms with Crippen LogP contribution < -0.4 is 14.8 Å². The van der Waals surface area contributed by atoms with Crippen LogP contribution in [-0.2, 0) is 19.6 Å². The van der Waals surface area contributed by atoms with Crippen LogP contribution in [0.3, 0.4) is 0 Å². The summed E-state index contributed by atoms with van der Waals surface area (Å²) in [6.45, 7) is 0.434. The molecular formula is C24H27FN2O6S. The maximum absolute atomic E-state index is 13.2. The van der Waals surface area contributed by atoms with Gasteiger partial charge in [-0.15, -0.1) is 0 Å². The van der Waals surface area contributed by atoms with E-state index in [1.54, 1.807) is 18.2 Å². The number of rotatable bonds is 8. The van der Waals surface area contributed by atoms with E-state index in [0.29, 0.717) is 30.3 Å². The number of hydrogen-bond acceptors (Lipinski definition) is 6. The van der Waals surface area contributed by atoms with Gasteiger partial charge in [-0.25, -0.2) is 12.8 Å². The Morgan fingerprint density at radius 1 is 1.15 bits per heavy atom. The first-order valence-corrected chi connectivity index (χ1v) is 12.9. The number of sulfonamides is 1. The summed E-state index contributed by atoms with van der Waals surface area (Å²) in [5, 5.41) is 12.8. The first-order chi connectivity index (χ1) is 16.3. The normalized spacial score (nSPS) is 25.7. The van der Waals surface area contributed by atoms with Gasteiger partial charge in [-0.1, -0.05) is 0 Å². The average Bonchev–Trinajstić information content (AvgIpc) is 3.57. The first kappa shape index (κ1) is 23.1. The molecule has 2 aromatic rings. The zero-order valence-corrected chi connectivity index (χ0v) is 19.3. The third-order valence-electron chi connectivity index (χ3n) is 6.57. The minimum absolute atomic E-state index is 0.0489. The molecule has 2 aromatic carbocycles. The summed E-state index contributed by atoms with van der Waals surface area (Å²) >= 11 is 0. The quantitative estimate of drug-likeness (QED) is 0.524. The molecule has 0 spiro atoms. The van der Waals surface area contributed by atoms with Crippen molar-refractivity contribution in [1.29, 1.82) is 0 Å². The van der Waals surface area contributed by atoms with Gasteiger partial charge in [-0.3, -0.25) is 9.52 Å². The second-order valence-corrected chi connectivity index (χ2v) is 10.8. The van der Waals surface area contributed by atoms with Crippen molar-refractivity contribution >= 4 is 21.6 Å². The van der Waals surface area contributed by atoms with Crippen LogP contribution in [0.4, 0.5) is 10.1 Å². The molecule has 1 aliphatic carbocycles. The molecule has 2 heterocycles. The number of fused-ring (bicyclic) bond motifs is 3. The second kappa shape index (κ2) is 9.16. The number of ether oxygens (including phenoxy) is 2. The number of benzene rings is 2. The number of carbonyl (C=O) groups is 1. The van der Waals surface area contributed by atoms with Crippen molar-refractivity contribution < 1.29 is 32.2 Å². The lowest BCUT2D eigenvalue weighted by molar-refractivity contribution is -0.142. The van der Waals surface area contributed by atoms with Crippen LogP contribution in [0.15, 0.2) is 47.4 Å². The van der Waals surface area contributed by atoms with Crippen molar-refractivity contribution in [3.05, 3.63) is 53.8 Å². The highest BCUT2D eigenvalue weighted by Gasteiger charge is 2.46. The largest absolute Gasteiger partial charge is 0.487 e. The maximum atomic E-state index is 13.2. The van der Waals surface area contributed by atoms with Gasteiger partial charge in [-0.05, 0) is 67.6 Å². The molecule has 10 heteroatoms. The Hall–Kier alpha value is -2.69. The highest BCUT2D eigenvalue weighted by atomic mass is 32.2. The van der Waals surface area contributed by atoms with Crippen LogP contribution >= 0.6 is 0 Å². The van der Waals surface area contributed by atoms with Crippen molar-refractivity contribution in [2.45, 2.75) is 54.8 Å². The molecule has 1 saturated heterocycles. The summed E-state index contributed by atoms with van der Waals surface area (Å²) in [5.41, 5.74) is 1.15. The monoisotopic (exact) mass is 490 g/mol. The smallest absolute Gasteiger partial charge is 0.261 e. The Kier molecular flexibility index (Phi) is 6.22. The molecule has 4 atom stereocenters. The lowest BCUT2D eigenvalue weighted by Crippen LogP contribution is -2.47. The number of aliphatic hydroxyl groups is 1. The lowest BCUT2D eigenvalue weighted by Gasteiger charge is -2.37.